The van der Waals surface area contributed by atoms with E-state index in [-0.39, 0.29) is 12.1 Å². The molecule has 94 valence electrons. The lowest BCUT2D eigenvalue weighted by Gasteiger charge is -2.13. The Balaban J connectivity index is 2.49. The zero-order valence-corrected chi connectivity index (χ0v) is 10.3. The lowest BCUT2D eigenvalue weighted by Crippen LogP contribution is -2.38. The summed E-state index contributed by atoms with van der Waals surface area (Å²) >= 11 is 0. The molecule has 0 bridgehead atoms. The molecule has 2 amide bonds. The fourth-order valence-electron chi connectivity index (χ4n) is 1.38. The van der Waals surface area contributed by atoms with Crippen molar-refractivity contribution in [2.75, 3.05) is 26.1 Å². The summed E-state index contributed by atoms with van der Waals surface area (Å²) in [5.74, 6) is 0.702. The topological polar surface area (TPSA) is 59.6 Å². The summed E-state index contributed by atoms with van der Waals surface area (Å²) in [6.07, 6.45) is 0. The molecule has 0 aliphatic heterocycles. The monoisotopic (exact) mass is 238 g/mol. The van der Waals surface area contributed by atoms with Gasteiger partial charge in [-0.1, -0.05) is 6.07 Å². The third kappa shape index (κ3) is 4.74. The Hall–Kier alpha value is -1.75. The second-order valence-corrected chi connectivity index (χ2v) is 3.69. The quantitative estimate of drug-likeness (QED) is 0.823. The molecular formula is C12H18N2O3. The van der Waals surface area contributed by atoms with Gasteiger partial charge in [0.25, 0.3) is 0 Å². The fraction of sp³-hybridized carbons (Fsp3) is 0.417. The van der Waals surface area contributed by atoms with Crippen LogP contribution in [0.4, 0.5) is 10.5 Å². The van der Waals surface area contributed by atoms with Crippen molar-refractivity contribution < 1.29 is 14.3 Å². The van der Waals surface area contributed by atoms with E-state index in [0.717, 1.165) is 0 Å². The molecular weight excluding hydrogens is 220 g/mol. The van der Waals surface area contributed by atoms with Crippen LogP contribution in [0.3, 0.4) is 0 Å². The van der Waals surface area contributed by atoms with Gasteiger partial charge in [0.1, 0.15) is 5.75 Å². The van der Waals surface area contributed by atoms with Gasteiger partial charge in [0, 0.05) is 18.9 Å². The van der Waals surface area contributed by atoms with E-state index in [1.807, 2.05) is 19.1 Å². The van der Waals surface area contributed by atoms with Gasteiger partial charge in [-0.2, -0.15) is 0 Å². The lowest BCUT2D eigenvalue weighted by molar-refractivity contribution is 0.173. The number of benzene rings is 1. The second-order valence-electron chi connectivity index (χ2n) is 3.69. The Labute approximate surface area is 101 Å². The normalized spacial score (nSPS) is 11.7. The van der Waals surface area contributed by atoms with Crippen molar-refractivity contribution >= 4 is 11.7 Å². The molecule has 0 aliphatic carbocycles. The van der Waals surface area contributed by atoms with E-state index in [1.165, 1.54) is 0 Å². The van der Waals surface area contributed by atoms with Crippen molar-refractivity contribution in [2.45, 2.75) is 13.0 Å². The number of hydrogen-bond donors (Lipinski definition) is 2. The Bertz CT molecular complexity index is 369. The molecule has 1 rings (SSSR count). The average Bonchev–Trinajstić information content (AvgIpc) is 2.29. The molecule has 1 aromatic rings. The molecule has 0 spiro atoms. The van der Waals surface area contributed by atoms with Crippen LogP contribution in [0.15, 0.2) is 24.3 Å². The smallest absolute Gasteiger partial charge is 0.319 e. The van der Waals surface area contributed by atoms with Crippen molar-refractivity contribution in [2.24, 2.45) is 0 Å². The van der Waals surface area contributed by atoms with Crippen LogP contribution < -0.4 is 15.4 Å². The van der Waals surface area contributed by atoms with Gasteiger partial charge in [-0.3, -0.25) is 0 Å². The summed E-state index contributed by atoms with van der Waals surface area (Å²) in [6.45, 7) is 2.35. The molecule has 0 heterocycles. The lowest BCUT2D eigenvalue weighted by atomic mass is 10.3. The number of amides is 2. The van der Waals surface area contributed by atoms with Gasteiger partial charge in [-0.25, -0.2) is 4.79 Å². The highest BCUT2D eigenvalue weighted by molar-refractivity contribution is 5.89. The van der Waals surface area contributed by atoms with Gasteiger partial charge in [0.2, 0.25) is 0 Å². The number of rotatable bonds is 5. The third-order valence-electron chi connectivity index (χ3n) is 2.12. The van der Waals surface area contributed by atoms with Crippen LogP contribution in [0.25, 0.3) is 0 Å². The van der Waals surface area contributed by atoms with E-state index in [0.29, 0.717) is 18.0 Å². The molecule has 0 fully saturated rings. The number of hydrogen-bond acceptors (Lipinski definition) is 3. The molecule has 17 heavy (non-hydrogen) atoms. The summed E-state index contributed by atoms with van der Waals surface area (Å²) in [5, 5.41) is 5.47. The van der Waals surface area contributed by atoms with Crippen LogP contribution in [0.5, 0.6) is 5.75 Å². The Kier molecular flexibility index (Phi) is 5.29. The van der Waals surface area contributed by atoms with E-state index < -0.39 is 0 Å². The van der Waals surface area contributed by atoms with E-state index in [1.54, 1.807) is 26.4 Å². The number of methoxy groups -OCH3 is 2. The minimum Gasteiger partial charge on any atom is -0.497 e. The fourth-order valence-corrected chi connectivity index (χ4v) is 1.38. The van der Waals surface area contributed by atoms with Gasteiger partial charge in [0.15, 0.2) is 0 Å². The molecule has 5 heteroatoms. The average molecular weight is 238 g/mol. The van der Waals surface area contributed by atoms with Crippen molar-refractivity contribution in [3.63, 3.8) is 0 Å². The first-order chi connectivity index (χ1) is 8.15. The highest BCUT2D eigenvalue weighted by atomic mass is 16.5. The summed E-state index contributed by atoms with van der Waals surface area (Å²) in [5.41, 5.74) is 0.687. The van der Waals surface area contributed by atoms with Crippen molar-refractivity contribution in [3.8, 4) is 5.75 Å². The molecule has 0 saturated carbocycles. The molecule has 0 aromatic heterocycles. The maximum Gasteiger partial charge on any atom is 0.319 e. The Morgan fingerprint density at radius 2 is 2.18 bits per heavy atom. The number of carbonyl (C=O) groups excluding carboxylic acids is 1. The van der Waals surface area contributed by atoms with E-state index >= 15 is 0 Å². The first-order valence-corrected chi connectivity index (χ1v) is 5.36. The molecule has 0 radical (unpaired) electrons. The first kappa shape index (κ1) is 13.3. The van der Waals surface area contributed by atoms with Crippen LogP contribution in [-0.4, -0.2) is 32.9 Å². The maximum atomic E-state index is 11.6. The number of urea groups is 1. The minimum atomic E-state index is -0.261. The van der Waals surface area contributed by atoms with Crippen molar-refractivity contribution in [1.82, 2.24) is 5.32 Å². The maximum absolute atomic E-state index is 11.6. The molecule has 0 saturated heterocycles. The number of nitrogens with one attached hydrogen (secondary N) is 2. The highest BCUT2D eigenvalue weighted by Gasteiger charge is 2.06. The summed E-state index contributed by atoms with van der Waals surface area (Å²) < 4.78 is 9.99. The van der Waals surface area contributed by atoms with Crippen LogP contribution in [0.2, 0.25) is 0 Å². The van der Waals surface area contributed by atoms with E-state index in [9.17, 15) is 4.79 Å². The minimum absolute atomic E-state index is 0.0365. The largest absolute Gasteiger partial charge is 0.497 e. The third-order valence-corrected chi connectivity index (χ3v) is 2.12. The summed E-state index contributed by atoms with van der Waals surface area (Å²) in [7, 11) is 3.18. The van der Waals surface area contributed by atoms with Gasteiger partial charge >= 0.3 is 6.03 Å². The van der Waals surface area contributed by atoms with Crippen molar-refractivity contribution in [3.05, 3.63) is 24.3 Å². The predicted molar refractivity (Wildman–Crippen MR) is 66.5 cm³/mol. The summed E-state index contributed by atoms with van der Waals surface area (Å²) in [4.78, 5) is 11.6. The molecule has 5 nitrogen and oxygen atoms in total. The number of ether oxygens (including phenoxy) is 2. The second kappa shape index (κ2) is 6.75. The van der Waals surface area contributed by atoms with Crippen LogP contribution in [0, 0.1) is 0 Å². The summed E-state index contributed by atoms with van der Waals surface area (Å²) in [6, 6.07) is 6.88. The van der Waals surface area contributed by atoms with Crippen LogP contribution >= 0.6 is 0 Å². The van der Waals surface area contributed by atoms with Gasteiger partial charge in [-0.05, 0) is 19.1 Å². The molecule has 1 aromatic carbocycles. The van der Waals surface area contributed by atoms with E-state index in [2.05, 4.69) is 10.6 Å². The van der Waals surface area contributed by atoms with Gasteiger partial charge in [-0.15, -0.1) is 0 Å². The molecule has 2 N–H and O–H groups in total. The highest BCUT2D eigenvalue weighted by Crippen LogP contribution is 2.16. The molecule has 1 atom stereocenters. The van der Waals surface area contributed by atoms with Crippen LogP contribution in [0.1, 0.15) is 6.92 Å². The Morgan fingerprint density at radius 1 is 1.41 bits per heavy atom. The zero-order chi connectivity index (χ0) is 12.7. The number of carbonyl (C=O) groups is 1. The van der Waals surface area contributed by atoms with Gasteiger partial charge < -0.3 is 20.1 Å². The SMILES string of the molecule is COCC(C)NC(=O)Nc1cccc(OC)c1. The predicted octanol–water partition coefficient (Wildman–Crippen LogP) is 1.85. The molecule has 0 aliphatic rings. The first-order valence-electron chi connectivity index (χ1n) is 5.36. The van der Waals surface area contributed by atoms with Crippen molar-refractivity contribution in [1.29, 1.82) is 0 Å². The van der Waals surface area contributed by atoms with Gasteiger partial charge in [0.05, 0.1) is 19.8 Å². The zero-order valence-electron chi connectivity index (χ0n) is 10.3. The standard InChI is InChI=1S/C12H18N2O3/c1-9(8-16-2)13-12(15)14-10-5-4-6-11(7-10)17-3/h4-7,9H,8H2,1-3H3,(H2,13,14,15). The number of anilines is 1. The Morgan fingerprint density at radius 3 is 2.82 bits per heavy atom. The molecule has 1 unspecified atom stereocenters. The van der Waals surface area contributed by atoms with E-state index in [4.69, 9.17) is 9.47 Å². The van der Waals surface area contributed by atoms with Crippen LogP contribution in [-0.2, 0) is 4.74 Å².